The van der Waals surface area contributed by atoms with Crippen molar-refractivity contribution in [1.29, 1.82) is 0 Å². The van der Waals surface area contributed by atoms with E-state index in [0.717, 1.165) is 6.42 Å². The molecule has 3 unspecified atom stereocenters. The standard InChI is InChI=1S/C10H18O2/c1-4-7(2)5-9-6-10(11)12-8(9)3/h7-9H,4-6H2,1-3H3. The van der Waals surface area contributed by atoms with Crippen LogP contribution in [0.25, 0.3) is 0 Å². The van der Waals surface area contributed by atoms with Crippen LogP contribution in [0, 0.1) is 11.8 Å². The van der Waals surface area contributed by atoms with Gasteiger partial charge < -0.3 is 4.74 Å². The van der Waals surface area contributed by atoms with E-state index in [-0.39, 0.29) is 12.1 Å². The Balaban J connectivity index is 2.37. The minimum Gasteiger partial charge on any atom is -0.462 e. The van der Waals surface area contributed by atoms with Crippen LogP contribution in [0.2, 0.25) is 0 Å². The van der Waals surface area contributed by atoms with Gasteiger partial charge in [0.1, 0.15) is 6.10 Å². The summed E-state index contributed by atoms with van der Waals surface area (Å²) < 4.78 is 5.08. The molecule has 12 heavy (non-hydrogen) atoms. The quantitative estimate of drug-likeness (QED) is 0.608. The second-order valence-corrected chi connectivity index (χ2v) is 3.91. The number of ether oxygens (including phenoxy) is 1. The molecule has 1 saturated heterocycles. The highest BCUT2D eigenvalue weighted by Crippen LogP contribution is 2.28. The van der Waals surface area contributed by atoms with Gasteiger partial charge in [-0.2, -0.15) is 0 Å². The molecule has 3 atom stereocenters. The summed E-state index contributed by atoms with van der Waals surface area (Å²) in [6, 6.07) is 0. The van der Waals surface area contributed by atoms with Crippen LogP contribution in [0.3, 0.4) is 0 Å². The summed E-state index contributed by atoms with van der Waals surface area (Å²) in [6.07, 6.45) is 3.10. The lowest BCUT2D eigenvalue weighted by atomic mass is 9.90. The Morgan fingerprint density at radius 2 is 2.33 bits per heavy atom. The van der Waals surface area contributed by atoms with Crippen LogP contribution in [0.15, 0.2) is 0 Å². The molecule has 0 aromatic carbocycles. The highest BCUT2D eigenvalue weighted by Gasteiger charge is 2.31. The maximum absolute atomic E-state index is 10.9. The Morgan fingerprint density at radius 1 is 1.67 bits per heavy atom. The van der Waals surface area contributed by atoms with Gasteiger partial charge >= 0.3 is 5.97 Å². The van der Waals surface area contributed by atoms with Crippen molar-refractivity contribution in [3.63, 3.8) is 0 Å². The van der Waals surface area contributed by atoms with E-state index in [1.54, 1.807) is 0 Å². The van der Waals surface area contributed by atoms with Crippen molar-refractivity contribution in [3.05, 3.63) is 0 Å². The van der Waals surface area contributed by atoms with Gasteiger partial charge in [0, 0.05) is 5.92 Å². The van der Waals surface area contributed by atoms with Crippen LogP contribution >= 0.6 is 0 Å². The van der Waals surface area contributed by atoms with Gasteiger partial charge in [-0.15, -0.1) is 0 Å². The lowest BCUT2D eigenvalue weighted by Crippen LogP contribution is -2.14. The zero-order chi connectivity index (χ0) is 9.14. The SMILES string of the molecule is CCC(C)CC1CC(=O)OC1C. The number of hydrogen-bond acceptors (Lipinski definition) is 2. The van der Waals surface area contributed by atoms with E-state index in [2.05, 4.69) is 13.8 Å². The Bertz CT molecular complexity index is 165. The van der Waals surface area contributed by atoms with E-state index in [1.807, 2.05) is 6.92 Å². The molecule has 0 aromatic rings. The molecule has 1 aliphatic heterocycles. The third-order valence-corrected chi connectivity index (χ3v) is 2.81. The fourth-order valence-corrected chi connectivity index (χ4v) is 1.69. The first kappa shape index (κ1) is 9.56. The van der Waals surface area contributed by atoms with Crippen LogP contribution < -0.4 is 0 Å². The summed E-state index contributed by atoms with van der Waals surface area (Å²) in [6.45, 7) is 6.42. The molecule has 2 nitrogen and oxygen atoms in total. The first-order chi connectivity index (χ1) is 5.63. The zero-order valence-corrected chi connectivity index (χ0v) is 8.17. The summed E-state index contributed by atoms with van der Waals surface area (Å²) in [5.41, 5.74) is 0. The maximum atomic E-state index is 10.9. The van der Waals surface area contributed by atoms with E-state index in [1.165, 1.54) is 6.42 Å². The minimum absolute atomic E-state index is 0.0178. The second kappa shape index (κ2) is 3.92. The lowest BCUT2D eigenvalue weighted by Gasteiger charge is -2.16. The van der Waals surface area contributed by atoms with Crippen molar-refractivity contribution < 1.29 is 9.53 Å². The molecule has 0 N–H and O–H groups in total. The molecular weight excluding hydrogens is 152 g/mol. The van der Waals surface area contributed by atoms with Gasteiger partial charge in [-0.25, -0.2) is 0 Å². The average Bonchev–Trinajstić information content (AvgIpc) is 2.30. The van der Waals surface area contributed by atoms with E-state index in [9.17, 15) is 4.79 Å². The molecule has 0 aromatic heterocycles. The molecular formula is C10H18O2. The van der Waals surface area contributed by atoms with E-state index in [0.29, 0.717) is 18.3 Å². The Labute approximate surface area is 74.3 Å². The van der Waals surface area contributed by atoms with E-state index < -0.39 is 0 Å². The molecule has 0 amide bonds. The summed E-state index contributed by atoms with van der Waals surface area (Å²) >= 11 is 0. The van der Waals surface area contributed by atoms with Crippen molar-refractivity contribution in [2.45, 2.75) is 46.1 Å². The fraction of sp³-hybridized carbons (Fsp3) is 0.900. The molecule has 1 heterocycles. The van der Waals surface area contributed by atoms with Crippen LogP contribution in [0.5, 0.6) is 0 Å². The van der Waals surface area contributed by atoms with Gasteiger partial charge in [-0.3, -0.25) is 4.79 Å². The first-order valence-corrected chi connectivity index (χ1v) is 4.83. The Morgan fingerprint density at radius 3 is 2.75 bits per heavy atom. The fourth-order valence-electron chi connectivity index (χ4n) is 1.69. The normalized spacial score (nSPS) is 31.8. The number of carbonyl (C=O) groups excluding carboxylic acids is 1. The van der Waals surface area contributed by atoms with Gasteiger partial charge in [0.25, 0.3) is 0 Å². The molecule has 0 aliphatic carbocycles. The summed E-state index contributed by atoms with van der Waals surface area (Å²) in [4.78, 5) is 10.9. The lowest BCUT2D eigenvalue weighted by molar-refractivity contribution is -0.140. The van der Waals surface area contributed by atoms with Crippen LogP contribution in [0.4, 0.5) is 0 Å². The van der Waals surface area contributed by atoms with Gasteiger partial charge in [-0.05, 0) is 19.3 Å². The molecule has 1 fully saturated rings. The Kier molecular flexibility index (Phi) is 3.12. The predicted octanol–water partition coefficient (Wildman–Crippen LogP) is 2.37. The van der Waals surface area contributed by atoms with Gasteiger partial charge in [0.05, 0.1) is 6.42 Å². The van der Waals surface area contributed by atoms with E-state index in [4.69, 9.17) is 4.74 Å². The average molecular weight is 170 g/mol. The van der Waals surface area contributed by atoms with Gasteiger partial charge in [-0.1, -0.05) is 20.3 Å². The molecule has 1 rings (SSSR count). The number of carbonyl (C=O) groups is 1. The number of hydrogen-bond donors (Lipinski definition) is 0. The van der Waals surface area contributed by atoms with Crippen molar-refractivity contribution in [3.8, 4) is 0 Å². The molecule has 0 bridgehead atoms. The van der Waals surface area contributed by atoms with Crippen molar-refractivity contribution in [1.82, 2.24) is 0 Å². The van der Waals surface area contributed by atoms with E-state index >= 15 is 0 Å². The highest BCUT2D eigenvalue weighted by molar-refractivity contribution is 5.71. The molecule has 2 heteroatoms. The van der Waals surface area contributed by atoms with Crippen molar-refractivity contribution >= 4 is 5.97 Å². The van der Waals surface area contributed by atoms with Crippen LogP contribution in [-0.2, 0) is 9.53 Å². The van der Waals surface area contributed by atoms with Gasteiger partial charge in [0.2, 0.25) is 0 Å². The Hall–Kier alpha value is -0.530. The largest absolute Gasteiger partial charge is 0.462 e. The molecule has 0 radical (unpaired) electrons. The molecule has 0 spiro atoms. The van der Waals surface area contributed by atoms with Crippen LogP contribution in [-0.4, -0.2) is 12.1 Å². The van der Waals surface area contributed by atoms with Gasteiger partial charge in [0.15, 0.2) is 0 Å². The predicted molar refractivity (Wildman–Crippen MR) is 47.7 cm³/mol. The first-order valence-electron chi connectivity index (χ1n) is 4.83. The smallest absolute Gasteiger partial charge is 0.306 e. The summed E-state index contributed by atoms with van der Waals surface area (Å²) in [5.74, 6) is 1.16. The summed E-state index contributed by atoms with van der Waals surface area (Å²) in [7, 11) is 0. The third kappa shape index (κ3) is 2.23. The maximum Gasteiger partial charge on any atom is 0.306 e. The third-order valence-electron chi connectivity index (χ3n) is 2.81. The molecule has 70 valence electrons. The minimum atomic E-state index is -0.0178. The number of cyclic esters (lactones) is 1. The number of rotatable bonds is 3. The molecule has 0 saturated carbocycles. The topological polar surface area (TPSA) is 26.3 Å². The highest BCUT2D eigenvalue weighted by atomic mass is 16.5. The summed E-state index contributed by atoms with van der Waals surface area (Å²) in [5, 5.41) is 0. The zero-order valence-electron chi connectivity index (χ0n) is 8.17. The number of esters is 1. The monoisotopic (exact) mass is 170 g/mol. The van der Waals surface area contributed by atoms with Crippen LogP contribution in [0.1, 0.15) is 40.0 Å². The molecule has 1 aliphatic rings. The van der Waals surface area contributed by atoms with Crippen molar-refractivity contribution in [2.75, 3.05) is 0 Å². The van der Waals surface area contributed by atoms with Crippen molar-refractivity contribution in [2.24, 2.45) is 11.8 Å². The second-order valence-electron chi connectivity index (χ2n) is 3.91.